The number of rotatable bonds is 2. The number of nitrogens with zero attached hydrogens (tertiary/aromatic N) is 3. The van der Waals surface area contributed by atoms with Crippen molar-refractivity contribution in [3.05, 3.63) is 11.1 Å². The lowest BCUT2D eigenvalue weighted by Crippen LogP contribution is -2.49. The van der Waals surface area contributed by atoms with E-state index < -0.39 is 0 Å². The van der Waals surface area contributed by atoms with Crippen molar-refractivity contribution in [3.8, 4) is 0 Å². The average molecular weight is 253 g/mol. The van der Waals surface area contributed by atoms with Crippen molar-refractivity contribution >= 4 is 22.4 Å². The number of hydrogen-bond acceptors (Lipinski definition) is 4. The molecule has 2 heterocycles. The summed E-state index contributed by atoms with van der Waals surface area (Å²) in [6, 6.07) is -0.0238. The van der Waals surface area contributed by atoms with Gasteiger partial charge in [0, 0.05) is 26.0 Å². The molecule has 0 N–H and O–H groups in total. The normalized spacial score (nSPS) is 20.4. The van der Waals surface area contributed by atoms with Crippen LogP contribution in [0.25, 0.3) is 0 Å². The fourth-order valence-corrected chi connectivity index (χ4v) is 3.07. The molecule has 1 aromatic heterocycles. The van der Waals surface area contributed by atoms with E-state index in [1.165, 1.54) is 0 Å². The van der Waals surface area contributed by atoms with Crippen molar-refractivity contribution < 1.29 is 4.79 Å². The molecule has 1 atom stereocenters. The van der Waals surface area contributed by atoms with Crippen LogP contribution >= 0.6 is 11.3 Å². The number of aromatic nitrogens is 1. The Kier molecular flexibility index (Phi) is 3.66. The molecule has 0 bridgehead atoms. The topological polar surface area (TPSA) is 36.4 Å². The van der Waals surface area contributed by atoms with Gasteiger partial charge in [0.2, 0.25) is 5.91 Å². The number of carbonyl (C=O) groups excluding carboxylic acids is 1. The van der Waals surface area contributed by atoms with E-state index in [1.807, 2.05) is 26.4 Å². The average Bonchev–Trinajstić information content (AvgIpc) is 2.74. The molecule has 1 fully saturated rings. The number of carbonyl (C=O) groups is 1. The Balaban J connectivity index is 2.20. The van der Waals surface area contributed by atoms with Crippen molar-refractivity contribution in [2.24, 2.45) is 0 Å². The highest BCUT2D eigenvalue weighted by atomic mass is 32.1. The van der Waals surface area contributed by atoms with Crippen LogP contribution in [-0.2, 0) is 4.79 Å². The molecular formula is C12H19N3OS. The fraction of sp³-hybridized carbons (Fsp3) is 0.667. The van der Waals surface area contributed by atoms with Gasteiger partial charge in [-0.25, -0.2) is 4.98 Å². The number of aryl methyl sites for hydroxylation is 1. The minimum absolute atomic E-state index is 0.0238. The minimum Gasteiger partial charge on any atom is -0.347 e. The highest BCUT2D eigenvalue weighted by Crippen LogP contribution is 2.28. The molecule has 0 saturated carbocycles. The van der Waals surface area contributed by atoms with Gasteiger partial charge >= 0.3 is 0 Å². The van der Waals surface area contributed by atoms with Crippen molar-refractivity contribution in [2.75, 3.05) is 25.5 Å². The number of thiazole rings is 1. The first-order valence-corrected chi connectivity index (χ1v) is 6.87. The highest BCUT2D eigenvalue weighted by molar-refractivity contribution is 7.13. The Bertz CT molecular complexity index is 402. The molecule has 0 radical (unpaired) electrons. The monoisotopic (exact) mass is 253 g/mol. The first-order chi connectivity index (χ1) is 8.09. The molecule has 0 spiro atoms. The first kappa shape index (κ1) is 12.4. The van der Waals surface area contributed by atoms with E-state index in [0.717, 1.165) is 36.6 Å². The quantitative estimate of drug-likeness (QED) is 0.807. The standard InChI is InChI=1S/C12H19N3OS/c1-9-8-17-12(13-9)15-7-5-4-6-10(15)11(16)14(2)3/h8,10H,4-7H2,1-3H3. The lowest BCUT2D eigenvalue weighted by molar-refractivity contribution is -0.130. The highest BCUT2D eigenvalue weighted by Gasteiger charge is 2.31. The molecule has 1 unspecified atom stereocenters. The summed E-state index contributed by atoms with van der Waals surface area (Å²) in [6.07, 6.45) is 3.22. The van der Waals surface area contributed by atoms with Crippen LogP contribution in [0, 0.1) is 6.92 Å². The molecule has 1 aliphatic rings. The van der Waals surface area contributed by atoms with Crippen molar-refractivity contribution in [3.63, 3.8) is 0 Å². The van der Waals surface area contributed by atoms with Gasteiger partial charge in [-0.05, 0) is 26.2 Å². The molecule has 1 aromatic rings. The molecule has 0 aromatic carbocycles. The van der Waals surface area contributed by atoms with Crippen LogP contribution in [0.5, 0.6) is 0 Å². The zero-order chi connectivity index (χ0) is 12.4. The molecule has 1 saturated heterocycles. The maximum Gasteiger partial charge on any atom is 0.244 e. The van der Waals surface area contributed by atoms with E-state index in [2.05, 4.69) is 9.88 Å². The van der Waals surface area contributed by atoms with Gasteiger partial charge in [-0.1, -0.05) is 0 Å². The number of likely N-dealkylation sites (N-methyl/N-ethyl adjacent to an activating group) is 1. The van der Waals surface area contributed by atoms with E-state index in [4.69, 9.17) is 0 Å². The minimum atomic E-state index is -0.0238. The number of piperidine rings is 1. The SMILES string of the molecule is Cc1csc(N2CCCCC2C(=O)N(C)C)n1. The molecule has 94 valence electrons. The maximum absolute atomic E-state index is 12.1. The lowest BCUT2D eigenvalue weighted by Gasteiger charge is -2.35. The number of hydrogen-bond donors (Lipinski definition) is 0. The molecule has 4 nitrogen and oxygen atoms in total. The smallest absolute Gasteiger partial charge is 0.244 e. The van der Waals surface area contributed by atoms with Crippen LogP contribution in [0.15, 0.2) is 5.38 Å². The van der Waals surface area contributed by atoms with Gasteiger partial charge in [0.1, 0.15) is 6.04 Å². The van der Waals surface area contributed by atoms with Gasteiger partial charge in [0.25, 0.3) is 0 Å². The lowest BCUT2D eigenvalue weighted by atomic mass is 10.0. The van der Waals surface area contributed by atoms with E-state index in [9.17, 15) is 4.79 Å². The summed E-state index contributed by atoms with van der Waals surface area (Å²) in [5.41, 5.74) is 1.03. The zero-order valence-corrected chi connectivity index (χ0v) is 11.5. The summed E-state index contributed by atoms with van der Waals surface area (Å²) in [7, 11) is 3.64. The third kappa shape index (κ3) is 2.60. The zero-order valence-electron chi connectivity index (χ0n) is 10.6. The third-order valence-electron chi connectivity index (χ3n) is 3.08. The van der Waals surface area contributed by atoms with E-state index in [1.54, 1.807) is 16.2 Å². The second-order valence-corrected chi connectivity index (χ2v) is 5.55. The second kappa shape index (κ2) is 5.04. The first-order valence-electron chi connectivity index (χ1n) is 5.99. The Morgan fingerprint density at radius 1 is 1.53 bits per heavy atom. The van der Waals surface area contributed by atoms with Crippen LogP contribution in [-0.4, -0.2) is 42.5 Å². The van der Waals surface area contributed by atoms with Crippen molar-refractivity contribution in [1.29, 1.82) is 0 Å². The Morgan fingerprint density at radius 3 is 2.88 bits per heavy atom. The van der Waals surface area contributed by atoms with Gasteiger partial charge < -0.3 is 9.80 Å². The Morgan fingerprint density at radius 2 is 2.29 bits per heavy atom. The van der Waals surface area contributed by atoms with Crippen molar-refractivity contribution in [1.82, 2.24) is 9.88 Å². The van der Waals surface area contributed by atoms with Gasteiger partial charge in [0.15, 0.2) is 5.13 Å². The van der Waals surface area contributed by atoms with Gasteiger partial charge in [-0.15, -0.1) is 11.3 Å². The third-order valence-corrected chi connectivity index (χ3v) is 4.08. The summed E-state index contributed by atoms with van der Waals surface area (Å²) in [4.78, 5) is 20.5. The number of amides is 1. The second-order valence-electron chi connectivity index (χ2n) is 4.71. The van der Waals surface area contributed by atoms with E-state index in [0.29, 0.717) is 0 Å². The summed E-state index contributed by atoms with van der Waals surface area (Å²) >= 11 is 1.63. The largest absolute Gasteiger partial charge is 0.347 e. The Labute approximate surface area is 106 Å². The predicted molar refractivity (Wildman–Crippen MR) is 70.5 cm³/mol. The molecule has 2 rings (SSSR count). The molecule has 1 amide bonds. The molecular weight excluding hydrogens is 234 g/mol. The maximum atomic E-state index is 12.1. The van der Waals surface area contributed by atoms with Gasteiger partial charge in [0.05, 0.1) is 5.69 Å². The van der Waals surface area contributed by atoms with E-state index in [-0.39, 0.29) is 11.9 Å². The summed E-state index contributed by atoms with van der Waals surface area (Å²) in [5, 5.41) is 3.03. The van der Waals surface area contributed by atoms with Crippen LogP contribution in [0.4, 0.5) is 5.13 Å². The van der Waals surface area contributed by atoms with Gasteiger partial charge in [-0.2, -0.15) is 0 Å². The fourth-order valence-electron chi connectivity index (χ4n) is 2.19. The molecule has 1 aliphatic heterocycles. The molecule has 0 aliphatic carbocycles. The summed E-state index contributed by atoms with van der Waals surface area (Å²) in [6.45, 7) is 2.93. The van der Waals surface area contributed by atoms with Gasteiger partial charge in [-0.3, -0.25) is 4.79 Å². The van der Waals surface area contributed by atoms with Crippen LogP contribution < -0.4 is 4.90 Å². The van der Waals surface area contributed by atoms with Crippen LogP contribution in [0.3, 0.4) is 0 Å². The summed E-state index contributed by atoms with van der Waals surface area (Å²) in [5.74, 6) is 0.192. The number of anilines is 1. The van der Waals surface area contributed by atoms with E-state index >= 15 is 0 Å². The summed E-state index contributed by atoms with van der Waals surface area (Å²) < 4.78 is 0. The Hall–Kier alpha value is -1.10. The van der Waals surface area contributed by atoms with Crippen LogP contribution in [0.1, 0.15) is 25.0 Å². The van der Waals surface area contributed by atoms with Crippen molar-refractivity contribution in [2.45, 2.75) is 32.2 Å². The van der Waals surface area contributed by atoms with Crippen LogP contribution in [0.2, 0.25) is 0 Å². The molecule has 5 heteroatoms. The predicted octanol–water partition coefficient (Wildman–Crippen LogP) is 1.90. The molecule has 17 heavy (non-hydrogen) atoms.